The maximum Gasteiger partial charge on any atom is 0.0852 e. The smallest absolute Gasteiger partial charge is 0.0852 e. The molecule has 0 amide bonds. The SMILES string of the molecule is CCCCCN=Nc1ccc(/C=C/c2ccc(N=NCCCCC)cc2)cc1. The summed E-state index contributed by atoms with van der Waals surface area (Å²) in [5, 5.41) is 17.0. The Morgan fingerprint density at radius 2 is 0.964 bits per heavy atom. The number of hydrogen-bond acceptors (Lipinski definition) is 4. The lowest BCUT2D eigenvalue weighted by molar-refractivity contribution is 0.713. The fourth-order valence-electron chi connectivity index (χ4n) is 2.62. The van der Waals surface area contributed by atoms with Crippen molar-refractivity contribution in [3.05, 3.63) is 59.7 Å². The first-order chi connectivity index (χ1) is 13.8. The van der Waals surface area contributed by atoms with Gasteiger partial charge >= 0.3 is 0 Å². The van der Waals surface area contributed by atoms with Crippen molar-refractivity contribution in [2.75, 3.05) is 13.1 Å². The largest absolute Gasteiger partial charge is 0.189 e. The molecule has 0 N–H and O–H groups in total. The molecule has 0 aliphatic heterocycles. The molecule has 2 aromatic carbocycles. The van der Waals surface area contributed by atoms with Crippen molar-refractivity contribution in [2.24, 2.45) is 20.5 Å². The summed E-state index contributed by atoms with van der Waals surface area (Å²) in [6, 6.07) is 16.3. The highest BCUT2D eigenvalue weighted by Gasteiger charge is 1.93. The van der Waals surface area contributed by atoms with Gasteiger partial charge in [0, 0.05) is 0 Å². The van der Waals surface area contributed by atoms with E-state index in [1.807, 2.05) is 24.3 Å². The molecule has 2 aromatic rings. The molecule has 0 heterocycles. The minimum absolute atomic E-state index is 0.809. The molecular weight excluding hydrogens is 344 g/mol. The van der Waals surface area contributed by atoms with E-state index < -0.39 is 0 Å². The van der Waals surface area contributed by atoms with Crippen LogP contribution < -0.4 is 0 Å². The number of hydrogen-bond donors (Lipinski definition) is 0. The van der Waals surface area contributed by atoms with Crippen LogP contribution in [0.1, 0.15) is 63.5 Å². The van der Waals surface area contributed by atoms with Crippen molar-refractivity contribution < 1.29 is 0 Å². The maximum atomic E-state index is 4.27. The first-order valence-corrected chi connectivity index (χ1v) is 10.4. The first kappa shape index (κ1) is 21.7. The van der Waals surface area contributed by atoms with Crippen LogP contribution >= 0.6 is 0 Å². The van der Waals surface area contributed by atoms with Gasteiger partial charge in [-0.1, -0.05) is 75.9 Å². The standard InChI is InChI=1S/C24H32N4/c1-3-5-7-19-25-27-23-15-11-21(12-16-23)9-10-22-13-17-24(18-14-22)28-26-20-8-6-4-2/h9-18H,3-8,19-20H2,1-2H3/b10-9+,27-25?,28-26?. The summed E-state index contributed by atoms with van der Waals surface area (Å²) in [5.41, 5.74) is 4.10. The highest BCUT2D eigenvalue weighted by molar-refractivity contribution is 5.70. The number of benzene rings is 2. The van der Waals surface area contributed by atoms with Crippen LogP contribution in [-0.4, -0.2) is 13.1 Å². The third kappa shape index (κ3) is 8.85. The van der Waals surface area contributed by atoms with Gasteiger partial charge in [-0.3, -0.25) is 0 Å². The van der Waals surface area contributed by atoms with E-state index in [-0.39, 0.29) is 0 Å². The van der Waals surface area contributed by atoms with Crippen LogP contribution in [0.25, 0.3) is 12.2 Å². The molecule has 0 saturated heterocycles. The number of nitrogens with zero attached hydrogens (tertiary/aromatic N) is 4. The third-order valence-electron chi connectivity index (χ3n) is 4.35. The molecule has 148 valence electrons. The van der Waals surface area contributed by atoms with E-state index in [1.165, 1.54) is 25.7 Å². The zero-order valence-corrected chi connectivity index (χ0v) is 17.2. The Labute approximate surface area is 169 Å². The lowest BCUT2D eigenvalue weighted by Crippen LogP contribution is -1.78. The fourth-order valence-corrected chi connectivity index (χ4v) is 2.62. The highest BCUT2D eigenvalue weighted by atomic mass is 15.1. The zero-order chi connectivity index (χ0) is 19.9. The molecule has 0 saturated carbocycles. The molecule has 4 nitrogen and oxygen atoms in total. The van der Waals surface area contributed by atoms with Crippen molar-refractivity contribution in [3.63, 3.8) is 0 Å². The number of unbranched alkanes of at least 4 members (excludes halogenated alkanes) is 4. The van der Waals surface area contributed by atoms with Gasteiger partial charge in [0.1, 0.15) is 0 Å². The van der Waals surface area contributed by atoms with Crippen molar-refractivity contribution >= 4 is 23.5 Å². The van der Waals surface area contributed by atoms with Gasteiger partial charge < -0.3 is 0 Å². The minimum atomic E-state index is 0.809. The van der Waals surface area contributed by atoms with Gasteiger partial charge in [-0.2, -0.15) is 20.5 Å². The summed E-state index contributed by atoms with van der Waals surface area (Å²) in [6.45, 7) is 6.00. The normalized spacial score (nSPS) is 11.9. The Balaban J connectivity index is 1.82. The lowest BCUT2D eigenvalue weighted by atomic mass is 10.1. The fraction of sp³-hybridized carbons (Fsp3) is 0.417. The second-order valence-electron chi connectivity index (χ2n) is 6.86. The second-order valence-corrected chi connectivity index (χ2v) is 6.86. The Kier molecular flexibility index (Phi) is 10.5. The topological polar surface area (TPSA) is 49.4 Å². The Morgan fingerprint density at radius 3 is 1.32 bits per heavy atom. The molecular formula is C24H32N4. The zero-order valence-electron chi connectivity index (χ0n) is 17.2. The van der Waals surface area contributed by atoms with E-state index in [2.05, 4.69) is 70.7 Å². The van der Waals surface area contributed by atoms with E-state index in [0.29, 0.717) is 0 Å². The summed E-state index contributed by atoms with van der Waals surface area (Å²) in [7, 11) is 0. The summed E-state index contributed by atoms with van der Waals surface area (Å²) < 4.78 is 0. The molecule has 0 atom stereocenters. The number of azo groups is 2. The second kappa shape index (κ2) is 13.5. The lowest BCUT2D eigenvalue weighted by Gasteiger charge is -1.98. The molecule has 0 aliphatic carbocycles. The van der Waals surface area contributed by atoms with Gasteiger partial charge in [-0.15, -0.1) is 0 Å². The average molecular weight is 377 g/mol. The third-order valence-corrected chi connectivity index (χ3v) is 4.35. The molecule has 0 aromatic heterocycles. The predicted molar refractivity (Wildman–Crippen MR) is 120 cm³/mol. The molecule has 0 radical (unpaired) electrons. The van der Waals surface area contributed by atoms with Crippen LogP contribution in [0.2, 0.25) is 0 Å². The molecule has 0 fully saturated rings. The summed E-state index contributed by atoms with van der Waals surface area (Å²) in [4.78, 5) is 0. The van der Waals surface area contributed by atoms with Crippen molar-refractivity contribution in [1.29, 1.82) is 0 Å². The molecule has 0 spiro atoms. The van der Waals surface area contributed by atoms with Crippen LogP contribution in [0, 0.1) is 0 Å². The highest BCUT2D eigenvalue weighted by Crippen LogP contribution is 2.18. The van der Waals surface area contributed by atoms with Crippen LogP contribution in [-0.2, 0) is 0 Å². The van der Waals surface area contributed by atoms with E-state index >= 15 is 0 Å². The van der Waals surface area contributed by atoms with Gasteiger partial charge in [0.15, 0.2) is 0 Å². The van der Waals surface area contributed by atoms with Crippen molar-refractivity contribution in [2.45, 2.75) is 52.4 Å². The average Bonchev–Trinajstić information content (AvgIpc) is 2.74. The van der Waals surface area contributed by atoms with E-state index in [9.17, 15) is 0 Å². The van der Waals surface area contributed by atoms with Crippen LogP contribution in [0.15, 0.2) is 69.0 Å². The van der Waals surface area contributed by atoms with Gasteiger partial charge in [-0.25, -0.2) is 0 Å². The van der Waals surface area contributed by atoms with Crippen molar-refractivity contribution in [3.8, 4) is 0 Å². The summed E-state index contributed by atoms with van der Waals surface area (Å²) in [5.74, 6) is 0. The van der Waals surface area contributed by atoms with E-state index in [4.69, 9.17) is 0 Å². The van der Waals surface area contributed by atoms with E-state index in [1.54, 1.807) is 0 Å². The molecule has 0 aliphatic rings. The van der Waals surface area contributed by atoms with Gasteiger partial charge in [-0.05, 0) is 48.2 Å². The predicted octanol–water partition coefficient (Wildman–Crippen LogP) is 8.40. The molecule has 0 unspecified atom stereocenters. The van der Waals surface area contributed by atoms with Gasteiger partial charge in [0.25, 0.3) is 0 Å². The maximum absolute atomic E-state index is 4.27. The van der Waals surface area contributed by atoms with Crippen LogP contribution in [0.3, 0.4) is 0 Å². The van der Waals surface area contributed by atoms with Crippen molar-refractivity contribution in [1.82, 2.24) is 0 Å². The van der Waals surface area contributed by atoms with Gasteiger partial charge in [0.05, 0.1) is 24.5 Å². The Morgan fingerprint density at radius 1 is 0.571 bits per heavy atom. The minimum Gasteiger partial charge on any atom is -0.189 e. The quantitative estimate of drug-likeness (QED) is 0.203. The molecule has 2 rings (SSSR count). The molecule has 4 heteroatoms. The Hall–Kier alpha value is -2.62. The first-order valence-electron chi connectivity index (χ1n) is 10.4. The van der Waals surface area contributed by atoms with Crippen LogP contribution in [0.5, 0.6) is 0 Å². The monoisotopic (exact) mass is 376 g/mol. The summed E-state index contributed by atoms with van der Waals surface area (Å²) in [6.07, 6.45) is 11.3. The van der Waals surface area contributed by atoms with E-state index in [0.717, 1.165) is 48.4 Å². The summed E-state index contributed by atoms with van der Waals surface area (Å²) >= 11 is 0. The molecule has 0 bridgehead atoms. The van der Waals surface area contributed by atoms with Gasteiger partial charge in [0.2, 0.25) is 0 Å². The van der Waals surface area contributed by atoms with Crippen LogP contribution in [0.4, 0.5) is 11.4 Å². The Bertz CT molecular complexity index is 678. The number of rotatable bonds is 12. The molecule has 28 heavy (non-hydrogen) atoms.